The molecule has 1 amide bonds. The fraction of sp³-hybridized carbons (Fsp3) is 0.440. The summed E-state index contributed by atoms with van der Waals surface area (Å²) in [7, 11) is 0. The van der Waals surface area contributed by atoms with Crippen molar-refractivity contribution in [1.82, 2.24) is 14.8 Å². The van der Waals surface area contributed by atoms with Gasteiger partial charge in [0.1, 0.15) is 5.82 Å². The van der Waals surface area contributed by atoms with Crippen molar-refractivity contribution in [3.63, 3.8) is 0 Å². The molecule has 2 aromatic heterocycles. The number of hydrogen-bond donors (Lipinski definition) is 0. The van der Waals surface area contributed by atoms with Crippen LogP contribution in [0.4, 0.5) is 5.69 Å². The Morgan fingerprint density at radius 3 is 2.70 bits per heavy atom. The lowest BCUT2D eigenvalue weighted by Crippen LogP contribution is -2.37. The monoisotopic (exact) mass is 479 g/mol. The number of thioether (sulfide) groups is 1. The second kappa shape index (κ2) is 11.5. The fourth-order valence-corrected chi connectivity index (χ4v) is 6.05. The Hall–Kier alpha value is -2.63. The van der Waals surface area contributed by atoms with E-state index in [1.807, 2.05) is 37.3 Å². The highest BCUT2D eigenvalue weighted by molar-refractivity contribution is 8.00. The molecule has 0 bridgehead atoms. The number of para-hydroxylation sites is 1. The number of anilines is 1. The number of rotatable bonds is 9. The highest BCUT2D eigenvalue weighted by atomic mass is 32.2. The molecular formula is C25H29N5OS2. The minimum absolute atomic E-state index is 0.0144. The van der Waals surface area contributed by atoms with Crippen LogP contribution < -0.4 is 4.90 Å². The van der Waals surface area contributed by atoms with Gasteiger partial charge in [-0.25, -0.2) is 0 Å². The van der Waals surface area contributed by atoms with E-state index in [1.54, 1.807) is 16.2 Å². The maximum absolute atomic E-state index is 13.4. The van der Waals surface area contributed by atoms with Crippen LogP contribution in [0, 0.1) is 11.3 Å². The van der Waals surface area contributed by atoms with Crippen molar-refractivity contribution in [1.29, 1.82) is 5.26 Å². The number of amides is 1. The summed E-state index contributed by atoms with van der Waals surface area (Å²) in [6, 6.07) is 16.3. The largest absolute Gasteiger partial charge is 0.310 e. The number of hydrogen-bond acceptors (Lipinski definition) is 6. The van der Waals surface area contributed by atoms with Crippen LogP contribution in [0.3, 0.4) is 0 Å². The van der Waals surface area contributed by atoms with Crippen LogP contribution in [0.5, 0.6) is 0 Å². The number of carbonyl (C=O) groups excluding carboxylic acids is 1. The predicted octanol–water partition coefficient (Wildman–Crippen LogP) is 5.86. The normalized spacial score (nSPS) is 15.2. The molecule has 1 unspecified atom stereocenters. The number of nitrogens with zero attached hydrogens (tertiary/aromatic N) is 5. The Bertz CT molecular complexity index is 1070. The van der Waals surface area contributed by atoms with Gasteiger partial charge in [0.05, 0.1) is 17.7 Å². The third-order valence-electron chi connectivity index (χ3n) is 6.00. The van der Waals surface area contributed by atoms with Gasteiger partial charge in [0.25, 0.3) is 0 Å². The first-order chi connectivity index (χ1) is 16.2. The number of benzene rings is 1. The van der Waals surface area contributed by atoms with Crippen LogP contribution >= 0.6 is 23.1 Å². The molecular weight excluding hydrogens is 450 g/mol. The predicted molar refractivity (Wildman–Crippen MR) is 134 cm³/mol. The third kappa shape index (κ3) is 5.84. The third-order valence-corrected chi connectivity index (χ3v) is 7.92. The van der Waals surface area contributed by atoms with E-state index in [-0.39, 0.29) is 11.2 Å². The molecule has 6 nitrogen and oxygen atoms in total. The average molecular weight is 480 g/mol. The molecule has 33 heavy (non-hydrogen) atoms. The molecule has 3 aromatic rings. The number of carbonyl (C=O) groups is 1. The number of aromatic nitrogens is 3. The SMILES string of the molecule is CC(Sc1nnc(Cc2cccs2)n1C1CCCCC1)C(=O)N(CCC#N)c1ccccc1. The lowest BCUT2D eigenvalue weighted by atomic mass is 9.95. The van der Waals surface area contributed by atoms with E-state index in [1.165, 1.54) is 35.9 Å². The van der Waals surface area contributed by atoms with Crippen LogP contribution in [0.1, 0.15) is 62.2 Å². The molecule has 0 spiro atoms. The molecule has 1 fully saturated rings. The highest BCUT2D eigenvalue weighted by Crippen LogP contribution is 2.35. The van der Waals surface area contributed by atoms with Gasteiger partial charge < -0.3 is 9.47 Å². The van der Waals surface area contributed by atoms with Crippen molar-refractivity contribution in [3.8, 4) is 6.07 Å². The molecule has 0 aliphatic heterocycles. The smallest absolute Gasteiger partial charge is 0.240 e. The van der Waals surface area contributed by atoms with E-state index >= 15 is 0 Å². The van der Waals surface area contributed by atoms with Gasteiger partial charge in [-0.05, 0) is 43.3 Å². The molecule has 4 rings (SSSR count). The standard InChI is InChI=1S/C25H29N5OS2/c1-19(24(31)29(16-9-15-26)20-10-4-2-5-11-20)33-25-28-27-23(18-22-14-8-17-32-22)30(25)21-12-6-3-7-13-21/h2,4-5,8,10-11,14,17,19,21H,3,6-7,9,12-13,16,18H2,1H3. The van der Waals surface area contributed by atoms with Gasteiger partial charge in [0.2, 0.25) is 5.91 Å². The first kappa shape index (κ1) is 23.5. The second-order valence-electron chi connectivity index (χ2n) is 8.31. The van der Waals surface area contributed by atoms with Gasteiger partial charge in [-0.1, -0.05) is 55.3 Å². The summed E-state index contributed by atoms with van der Waals surface area (Å²) in [6.45, 7) is 2.30. The quantitative estimate of drug-likeness (QED) is 0.359. The minimum Gasteiger partial charge on any atom is -0.310 e. The van der Waals surface area contributed by atoms with E-state index in [9.17, 15) is 4.79 Å². The van der Waals surface area contributed by atoms with Gasteiger partial charge in [0, 0.05) is 29.6 Å². The van der Waals surface area contributed by atoms with Gasteiger partial charge in [0.15, 0.2) is 5.16 Å². The highest BCUT2D eigenvalue weighted by Gasteiger charge is 2.28. The van der Waals surface area contributed by atoms with Crippen LogP contribution in [0.25, 0.3) is 0 Å². The molecule has 0 radical (unpaired) electrons. The molecule has 1 aliphatic carbocycles. The summed E-state index contributed by atoms with van der Waals surface area (Å²) in [6.07, 6.45) is 7.03. The van der Waals surface area contributed by atoms with E-state index in [2.05, 4.69) is 38.3 Å². The van der Waals surface area contributed by atoms with E-state index in [0.717, 1.165) is 35.9 Å². The van der Waals surface area contributed by atoms with Crippen LogP contribution in [-0.4, -0.2) is 32.5 Å². The number of nitriles is 1. The van der Waals surface area contributed by atoms with E-state index < -0.39 is 0 Å². The molecule has 1 saturated carbocycles. The Morgan fingerprint density at radius 1 is 1.21 bits per heavy atom. The average Bonchev–Trinajstić information content (AvgIpc) is 3.51. The lowest BCUT2D eigenvalue weighted by Gasteiger charge is -2.27. The molecule has 2 heterocycles. The van der Waals surface area contributed by atoms with Gasteiger partial charge in [-0.2, -0.15) is 5.26 Å². The van der Waals surface area contributed by atoms with Gasteiger partial charge in [-0.3, -0.25) is 4.79 Å². The zero-order valence-corrected chi connectivity index (χ0v) is 20.5. The Balaban J connectivity index is 1.57. The molecule has 1 atom stereocenters. The van der Waals surface area contributed by atoms with Gasteiger partial charge in [-0.15, -0.1) is 21.5 Å². The molecule has 0 saturated heterocycles. The maximum Gasteiger partial charge on any atom is 0.240 e. The first-order valence-corrected chi connectivity index (χ1v) is 13.3. The summed E-state index contributed by atoms with van der Waals surface area (Å²) >= 11 is 3.22. The summed E-state index contributed by atoms with van der Waals surface area (Å²) in [5.41, 5.74) is 0.817. The zero-order valence-electron chi connectivity index (χ0n) is 18.9. The van der Waals surface area contributed by atoms with Crippen molar-refractivity contribution < 1.29 is 4.79 Å². The van der Waals surface area contributed by atoms with Crippen molar-refractivity contribution in [3.05, 3.63) is 58.5 Å². The summed E-state index contributed by atoms with van der Waals surface area (Å²) in [4.78, 5) is 16.4. The molecule has 0 N–H and O–H groups in total. The minimum atomic E-state index is -0.343. The van der Waals surface area contributed by atoms with Crippen molar-refractivity contribution in [2.24, 2.45) is 0 Å². The Kier molecular flexibility index (Phi) is 8.19. The van der Waals surface area contributed by atoms with Crippen molar-refractivity contribution in [2.75, 3.05) is 11.4 Å². The molecule has 172 valence electrons. The summed E-state index contributed by atoms with van der Waals surface area (Å²) < 4.78 is 2.30. The van der Waals surface area contributed by atoms with Gasteiger partial charge >= 0.3 is 0 Å². The van der Waals surface area contributed by atoms with Crippen molar-refractivity contribution in [2.45, 2.75) is 68.3 Å². The Morgan fingerprint density at radius 2 is 2.00 bits per heavy atom. The first-order valence-electron chi connectivity index (χ1n) is 11.5. The Labute approximate surface area is 203 Å². The summed E-state index contributed by atoms with van der Waals surface area (Å²) in [5, 5.41) is 20.8. The fourth-order valence-electron chi connectivity index (χ4n) is 4.35. The lowest BCUT2D eigenvalue weighted by molar-refractivity contribution is -0.117. The van der Waals surface area contributed by atoms with Crippen LogP contribution in [0.2, 0.25) is 0 Å². The maximum atomic E-state index is 13.4. The van der Waals surface area contributed by atoms with E-state index in [4.69, 9.17) is 5.26 Å². The summed E-state index contributed by atoms with van der Waals surface area (Å²) in [5.74, 6) is 0.968. The molecule has 1 aromatic carbocycles. The molecule has 8 heteroatoms. The zero-order chi connectivity index (χ0) is 23.0. The number of thiophene rings is 1. The van der Waals surface area contributed by atoms with Crippen LogP contribution in [0.15, 0.2) is 53.0 Å². The van der Waals surface area contributed by atoms with E-state index in [0.29, 0.717) is 19.0 Å². The topological polar surface area (TPSA) is 74.8 Å². The molecule has 1 aliphatic rings. The van der Waals surface area contributed by atoms with Crippen molar-refractivity contribution >= 4 is 34.7 Å². The second-order valence-corrected chi connectivity index (χ2v) is 10.7. The van der Waals surface area contributed by atoms with Crippen LogP contribution in [-0.2, 0) is 11.2 Å².